The Bertz CT molecular complexity index is 702. The molecule has 0 spiro atoms. The lowest BCUT2D eigenvalue weighted by Gasteiger charge is -2.14. The van der Waals surface area contributed by atoms with Crippen LogP contribution < -0.4 is 10.0 Å². The van der Waals surface area contributed by atoms with Crippen molar-refractivity contribution in [3.05, 3.63) is 35.7 Å². The molecule has 2 aromatic rings. The first-order valence-corrected chi connectivity index (χ1v) is 8.11. The highest BCUT2D eigenvalue weighted by atomic mass is 35.5. The second-order valence-electron chi connectivity index (χ2n) is 4.50. The summed E-state index contributed by atoms with van der Waals surface area (Å²) < 4.78 is 28.7. The van der Waals surface area contributed by atoms with Gasteiger partial charge < -0.3 is 5.32 Å². The van der Waals surface area contributed by atoms with E-state index >= 15 is 0 Å². The van der Waals surface area contributed by atoms with Crippen LogP contribution in [0, 0.1) is 0 Å². The number of anilines is 1. The minimum absolute atomic E-state index is 0.0267. The molecule has 9 heteroatoms. The van der Waals surface area contributed by atoms with Crippen LogP contribution in [0.3, 0.4) is 0 Å². The van der Waals surface area contributed by atoms with Gasteiger partial charge in [-0.1, -0.05) is 11.6 Å². The number of hydrogen-bond acceptors (Lipinski definition) is 5. The van der Waals surface area contributed by atoms with Crippen molar-refractivity contribution < 1.29 is 8.42 Å². The first-order chi connectivity index (χ1) is 9.92. The Labute approximate surface area is 128 Å². The number of sulfonamides is 1. The maximum absolute atomic E-state index is 12.3. The maximum Gasteiger partial charge on any atom is 0.242 e. The zero-order chi connectivity index (χ0) is 15.5. The lowest BCUT2D eigenvalue weighted by atomic mass is 10.4. The largest absolute Gasteiger partial charge is 0.372 e. The average Bonchev–Trinajstić information content (AvgIpc) is 2.90. The van der Waals surface area contributed by atoms with Crippen LogP contribution in [0.4, 0.5) is 5.82 Å². The zero-order valence-corrected chi connectivity index (χ0v) is 13.2. The van der Waals surface area contributed by atoms with Crippen molar-refractivity contribution in [2.24, 2.45) is 0 Å². The summed E-state index contributed by atoms with van der Waals surface area (Å²) in [7, 11) is -2.02. The molecule has 0 amide bonds. The monoisotopic (exact) mass is 329 g/mol. The number of halogens is 1. The normalized spacial score (nSPS) is 13.1. The zero-order valence-electron chi connectivity index (χ0n) is 11.6. The molecule has 2 N–H and O–H groups in total. The van der Waals surface area contributed by atoms with Gasteiger partial charge in [-0.25, -0.2) is 18.1 Å². The molecule has 0 fully saturated rings. The van der Waals surface area contributed by atoms with Crippen molar-refractivity contribution >= 4 is 27.4 Å². The van der Waals surface area contributed by atoms with Gasteiger partial charge in [-0.3, -0.25) is 4.68 Å². The van der Waals surface area contributed by atoms with E-state index in [0.29, 0.717) is 12.4 Å². The molecular formula is C12H16ClN5O2S. The third-order valence-electron chi connectivity index (χ3n) is 2.74. The summed E-state index contributed by atoms with van der Waals surface area (Å²) in [5, 5.41) is 7.06. The van der Waals surface area contributed by atoms with Crippen LogP contribution in [0.1, 0.15) is 6.92 Å². The highest BCUT2D eigenvalue weighted by Gasteiger charge is 2.19. The number of aromatic nitrogens is 3. The Hall–Kier alpha value is -1.64. The number of hydrogen-bond donors (Lipinski definition) is 2. The van der Waals surface area contributed by atoms with Crippen molar-refractivity contribution in [2.45, 2.75) is 24.4 Å². The average molecular weight is 330 g/mol. The van der Waals surface area contributed by atoms with Gasteiger partial charge in [0, 0.05) is 31.7 Å². The molecule has 0 saturated heterocycles. The van der Waals surface area contributed by atoms with Crippen molar-refractivity contribution in [1.82, 2.24) is 19.5 Å². The molecule has 2 rings (SSSR count). The van der Waals surface area contributed by atoms with Crippen molar-refractivity contribution in [3.8, 4) is 0 Å². The summed E-state index contributed by atoms with van der Waals surface area (Å²) in [6.07, 6.45) is 4.67. The topological polar surface area (TPSA) is 88.9 Å². The van der Waals surface area contributed by atoms with Gasteiger partial charge in [-0.05, 0) is 19.1 Å². The lowest BCUT2D eigenvalue weighted by molar-refractivity contribution is 0.494. The Balaban J connectivity index is 2.12. The highest BCUT2D eigenvalue weighted by Crippen LogP contribution is 2.22. The van der Waals surface area contributed by atoms with Gasteiger partial charge in [-0.15, -0.1) is 0 Å². The van der Waals surface area contributed by atoms with E-state index < -0.39 is 10.0 Å². The Morgan fingerprint density at radius 1 is 1.48 bits per heavy atom. The smallest absolute Gasteiger partial charge is 0.242 e. The number of nitrogens with zero attached hydrogens (tertiary/aromatic N) is 3. The molecule has 0 aliphatic rings. The van der Waals surface area contributed by atoms with Gasteiger partial charge in [-0.2, -0.15) is 5.10 Å². The van der Waals surface area contributed by atoms with E-state index in [-0.39, 0.29) is 16.0 Å². The van der Waals surface area contributed by atoms with Gasteiger partial charge in [0.1, 0.15) is 10.7 Å². The van der Waals surface area contributed by atoms with Crippen LogP contribution in [-0.2, 0) is 16.6 Å². The van der Waals surface area contributed by atoms with Crippen LogP contribution in [-0.4, -0.2) is 36.3 Å². The van der Waals surface area contributed by atoms with E-state index in [4.69, 9.17) is 11.6 Å². The van der Waals surface area contributed by atoms with E-state index in [9.17, 15) is 8.42 Å². The Morgan fingerprint density at radius 2 is 2.24 bits per heavy atom. The minimum Gasteiger partial charge on any atom is -0.372 e. The number of rotatable bonds is 6. The lowest BCUT2D eigenvalue weighted by Crippen LogP contribution is -2.35. The summed E-state index contributed by atoms with van der Waals surface area (Å²) in [6.45, 7) is 2.19. The second-order valence-corrected chi connectivity index (χ2v) is 6.62. The molecule has 1 atom stereocenters. The molecule has 0 saturated carbocycles. The first-order valence-electron chi connectivity index (χ1n) is 6.25. The SMILES string of the molecule is CNc1ncc(S(=O)(=O)NC(C)Cn2cccn2)cc1Cl. The summed E-state index contributed by atoms with van der Waals surface area (Å²) in [5.41, 5.74) is 0. The quantitative estimate of drug-likeness (QED) is 0.835. The van der Waals surface area contributed by atoms with Crippen LogP contribution in [0.25, 0.3) is 0 Å². The molecule has 2 heterocycles. The van der Waals surface area contributed by atoms with Crippen LogP contribution in [0.2, 0.25) is 5.02 Å². The molecule has 114 valence electrons. The fourth-order valence-electron chi connectivity index (χ4n) is 1.81. The predicted octanol–water partition coefficient (Wildman–Crippen LogP) is 1.34. The van der Waals surface area contributed by atoms with Crippen molar-refractivity contribution in [3.63, 3.8) is 0 Å². The fraction of sp³-hybridized carbons (Fsp3) is 0.333. The Morgan fingerprint density at radius 3 is 2.81 bits per heavy atom. The molecule has 1 unspecified atom stereocenters. The van der Waals surface area contributed by atoms with Gasteiger partial charge in [0.2, 0.25) is 10.0 Å². The maximum atomic E-state index is 12.3. The third kappa shape index (κ3) is 3.93. The molecule has 0 aliphatic carbocycles. The molecule has 0 radical (unpaired) electrons. The molecule has 0 aromatic carbocycles. The third-order valence-corrected chi connectivity index (χ3v) is 4.58. The van der Waals surface area contributed by atoms with Gasteiger partial charge >= 0.3 is 0 Å². The van der Waals surface area contributed by atoms with E-state index in [1.54, 1.807) is 37.1 Å². The van der Waals surface area contributed by atoms with Crippen LogP contribution >= 0.6 is 11.6 Å². The molecule has 2 aromatic heterocycles. The van der Waals surface area contributed by atoms with Gasteiger partial charge in [0.05, 0.1) is 11.6 Å². The van der Waals surface area contributed by atoms with Crippen molar-refractivity contribution in [1.29, 1.82) is 0 Å². The Kier molecular flexibility index (Phi) is 4.81. The van der Waals surface area contributed by atoms with E-state index in [1.807, 2.05) is 0 Å². The molecule has 7 nitrogen and oxygen atoms in total. The number of nitrogens with one attached hydrogen (secondary N) is 2. The summed E-state index contributed by atoms with van der Waals surface area (Å²) in [6, 6.07) is 2.82. The minimum atomic E-state index is -3.68. The second kappa shape index (κ2) is 6.42. The molecule has 0 aliphatic heterocycles. The van der Waals surface area contributed by atoms with Crippen LogP contribution in [0.15, 0.2) is 35.6 Å². The van der Waals surface area contributed by atoms with Crippen molar-refractivity contribution in [2.75, 3.05) is 12.4 Å². The molecule has 21 heavy (non-hydrogen) atoms. The summed E-state index contributed by atoms with van der Waals surface area (Å²) in [5.74, 6) is 0.431. The van der Waals surface area contributed by atoms with Gasteiger partial charge in [0.25, 0.3) is 0 Å². The molecule has 0 bridgehead atoms. The number of pyridine rings is 1. The van der Waals surface area contributed by atoms with Crippen LogP contribution in [0.5, 0.6) is 0 Å². The molecular weight excluding hydrogens is 314 g/mol. The summed E-state index contributed by atoms with van der Waals surface area (Å²) >= 11 is 5.96. The van der Waals surface area contributed by atoms with E-state index in [0.717, 1.165) is 0 Å². The summed E-state index contributed by atoms with van der Waals surface area (Å²) in [4.78, 5) is 3.99. The van der Waals surface area contributed by atoms with Gasteiger partial charge in [0.15, 0.2) is 0 Å². The van der Waals surface area contributed by atoms with E-state index in [2.05, 4.69) is 20.1 Å². The fourth-order valence-corrected chi connectivity index (χ4v) is 3.34. The highest BCUT2D eigenvalue weighted by molar-refractivity contribution is 7.89. The van der Waals surface area contributed by atoms with E-state index in [1.165, 1.54) is 12.3 Å². The predicted molar refractivity (Wildman–Crippen MR) is 80.8 cm³/mol. The first kappa shape index (κ1) is 15.7. The standard InChI is InChI=1S/C12H16ClN5O2S/c1-9(8-18-5-3-4-16-18)17-21(19,20)10-6-11(13)12(14-2)15-7-10/h3-7,9,17H,8H2,1-2H3,(H,14,15).